The van der Waals surface area contributed by atoms with Crippen molar-refractivity contribution in [2.24, 2.45) is 6.98 Å². The molecule has 0 atom stereocenters. The first-order valence-electron chi connectivity index (χ1n) is 5.60. The molecule has 0 spiro atoms. The fraction of sp³-hybridized carbons (Fsp3) is 0.250. The number of aryl methyl sites for hydroxylation is 1. The number of aromatic amines is 1. The molecule has 84 valence electrons. The van der Waals surface area contributed by atoms with Crippen molar-refractivity contribution >= 4 is 16.6 Å². The van der Waals surface area contributed by atoms with Gasteiger partial charge in [0.05, 0.1) is 17.4 Å². The van der Waals surface area contributed by atoms with Crippen molar-refractivity contribution in [3.63, 3.8) is 0 Å². The Morgan fingerprint density at radius 3 is 3.06 bits per heavy atom. The summed E-state index contributed by atoms with van der Waals surface area (Å²) in [6, 6.07) is 0. The summed E-state index contributed by atoms with van der Waals surface area (Å²) in [4.78, 5) is 25.4. The Kier molecular flexibility index (Phi) is 1.45. The molecule has 0 fully saturated rings. The van der Waals surface area contributed by atoms with Crippen LogP contribution in [0, 0.1) is 10.1 Å². The Bertz CT molecular complexity index is 717. The van der Waals surface area contributed by atoms with E-state index in [0.29, 0.717) is 4.68 Å². The molecule has 0 aliphatic carbocycles. The molecule has 0 unspecified atom stereocenters. The highest BCUT2D eigenvalue weighted by Gasteiger charge is 2.25. The quantitative estimate of drug-likeness (QED) is 0.582. The SMILES string of the molecule is [2H]C([2H])([2H])n1[nH]c(=O)c2cnc(OC)c([N+](=O)[O-])c21. The molecule has 2 aromatic heterocycles. The Morgan fingerprint density at radius 1 is 1.75 bits per heavy atom. The molecule has 2 rings (SSSR count). The minimum Gasteiger partial charge on any atom is -0.476 e. The van der Waals surface area contributed by atoms with E-state index >= 15 is 0 Å². The Morgan fingerprint density at radius 2 is 2.50 bits per heavy atom. The van der Waals surface area contributed by atoms with Gasteiger partial charge in [0, 0.05) is 17.3 Å². The Labute approximate surface area is 92.8 Å². The topological polar surface area (TPSA) is 103 Å². The van der Waals surface area contributed by atoms with Crippen LogP contribution in [0.5, 0.6) is 5.88 Å². The maximum atomic E-state index is 11.6. The standard InChI is InChI=1S/C8H8N4O4/c1-11-5-4(7(13)10-11)3-9-8(16-2)6(5)12(14)15/h3H,1-2H3,(H,10,13)/i1D3. The van der Waals surface area contributed by atoms with Crippen LogP contribution in [0.2, 0.25) is 0 Å². The van der Waals surface area contributed by atoms with Gasteiger partial charge in [0.15, 0.2) is 5.52 Å². The predicted octanol–water partition coefficient (Wildman–Crippen LogP) is 0.178. The first kappa shape index (κ1) is 6.99. The molecule has 0 bridgehead atoms. The zero-order valence-electron chi connectivity index (χ0n) is 11.1. The molecule has 0 aliphatic heterocycles. The van der Waals surface area contributed by atoms with Gasteiger partial charge in [-0.25, -0.2) is 4.98 Å². The van der Waals surface area contributed by atoms with E-state index < -0.39 is 23.1 Å². The van der Waals surface area contributed by atoms with Crippen LogP contribution in [0.15, 0.2) is 11.0 Å². The second-order valence-electron chi connectivity index (χ2n) is 2.91. The summed E-state index contributed by atoms with van der Waals surface area (Å²) >= 11 is 0. The first-order chi connectivity index (χ1) is 8.77. The van der Waals surface area contributed by atoms with E-state index in [1.165, 1.54) is 0 Å². The van der Waals surface area contributed by atoms with Crippen LogP contribution in [-0.2, 0) is 6.98 Å². The van der Waals surface area contributed by atoms with Gasteiger partial charge in [0.1, 0.15) is 0 Å². The summed E-state index contributed by atoms with van der Waals surface area (Å²) < 4.78 is 27.0. The third kappa shape index (κ3) is 1.23. The zero-order valence-corrected chi connectivity index (χ0v) is 8.05. The molecule has 8 heteroatoms. The summed E-state index contributed by atoms with van der Waals surface area (Å²) in [7, 11) is 1.16. The lowest BCUT2D eigenvalue weighted by Gasteiger charge is -2.01. The van der Waals surface area contributed by atoms with E-state index in [1.54, 1.807) is 0 Å². The van der Waals surface area contributed by atoms with Gasteiger partial charge >= 0.3 is 5.69 Å². The number of H-pyrrole nitrogens is 1. The largest absolute Gasteiger partial charge is 0.476 e. The van der Waals surface area contributed by atoms with Crippen molar-refractivity contribution in [1.29, 1.82) is 0 Å². The van der Waals surface area contributed by atoms with E-state index in [-0.39, 0.29) is 16.8 Å². The van der Waals surface area contributed by atoms with Crippen LogP contribution in [0.3, 0.4) is 0 Å². The van der Waals surface area contributed by atoms with Gasteiger partial charge in [-0.2, -0.15) is 0 Å². The van der Waals surface area contributed by atoms with E-state index in [2.05, 4.69) is 4.98 Å². The van der Waals surface area contributed by atoms with Gasteiger partial charge in [-0.3, -0.25) is 24.7 Å². The lowest BCUT2D eigenvalue weighted by molar-refractivity contribution is -0.384. The molecule has 0 aromatic carbocycles. The van der Waals surface area contributed by atoms with Crippen LogP contribution in [0.25, 0.3) is 10.9 Å². The monoisotopic (exact) mass is 227 g/mol. The van der Waals surface area contributed by atoms with Crippen molar-refractivity contribution in [2.75, 3.05) is 7.11 Å². The maximum absolute atomic E-state index is 11.6. The van der Waals surface area contributed by atoms with Gasteiger partial charge in [-0.1, -0.05) is 0 Å². The highest BCUT2D eigenvalue weighted by Crippen LogP contribution is 2.30. The van der Waals surface area contributed by atoms with Gasteiger partial charge in [-0.05, 0) is 0 Å². The predicted molar refractivity (Wildman–Crippen MR) is 54.5 cm³/mol. The Hall–Kier alpha value is -2.38. The summed E-state index contributed by atoms with van der Waals surface area (Å²) in [5.74, 6) is -0.366. The molecule has 0 saturated heterocycles. The normalized spacial score (nSPS) is 14.2. The van der Waals surface area contributed by atoms with Crippen LogP contribution in [0.1, 0.15) is 4.11 Å². The van der Waals surface area contributed by atoms with Crippen molar-refractivity contribution in [3.05, 3.63) is 26.7 Å². The van der Waals surface area contributed by atoms with Gasteiger partial charge < -0.3 is 4.74 Å². The third-order valence-corrected chi connectivity index (χ3v) is 2.05. The molecule has 2 aromatic rings. The van der Waals surface area contributed by atoms with E-state index in [0.717, 1.165) is 13.3 Å². The molecule has 16 heavy (non-hydrogen) atoms. The minimum atomic E-state index is -2.77. The van der Waals surface area contributed by atoms with E-state index in [4.69, 9.17) is 8.85 Å². The lowest BCUT2D eigenvalue weighted by atomic mass is 10.3. The molecule has 8 nitrogen and oxygen atoms in total. The smallest absolute Gasteiger partial charge is 0.356 e. The number of hydrogen-bond acceptors (Lipinski definition) is 5. The molecule has 1 N–H and O–H groups in total. The summed E-state index contributed by atoms with van der Waals surface area (Å²) in [5, 5.41) is 12.9. The number of aromatic nitrogens is 3. The first-order valence-corrected chi connectivity index (χ1v) is 4.10. The van der Waals surface area contributed by atoms with E-state index in [1.807, 2.05) is 5.10 Å². The van der Waals surface area contributed by atoms with Gasteiger partial charge in [-0.15, -0.1) is 0 Å². The number of fused-ring (bicyclic) bond motifs is 1. The number of ether oxygens (including phenoxy) is 1. The number of nitro groups is 1. The average Bonchev–Trinajstić information content (AvgIpc) is 2.65. The summed E-state index contributed by atoms with van der Waals surface area (Å²) in [5.41, 5.74) is -1.82. The van der Waals surface area contributed by atoms with Crippen LogP contribution in [0.4, 0.5) is 5.69 Å². The molecule has 0 saturated carbocycles. The van der Waals surface area contributed by atoms with Crippen molar-refractivity contribution < 1.29 is 13.8 Å². The van der Waals surface area contributed by atoms with Gasteiger partial charge in [0.25, 0.3) is 11.4 Å². The van der Waals surface area contributed by atoms with E-state index in [9.17, 15) is 14.9 Å². The second kappa shape index (κ2) is 3.33. The molecular weight excluding hydrogens is 216 g/mol. The van der Waals surface area contributed by atoms with Crippen LogP contribution >= 0.6 is 0 Å². The van der Waals surface area contributed by atoms with Crippen molar-refractivity contribution in [1.82, 2.24) is 14.8 Å². The second-order valence-corrected chi connectivity index (χ2v) is 2.91. The number of rotatable bonds is 2. The highest BCUT2D eigenvalue weighted by atomic mass is 16.6. The van der Waals surface area contributed by atoms with Crippen molar-refractivity contribution in [3.8, 4) is 5.88 Å². The number of pyridine rings is 1. The molecule has 0 aliphatic rings. The molecule has 2 heterocycles. The van der Waals surface area contributed by atoms with Crippen LogP contribution < -0.4 is 10.3 Å². The minimum absolute atomic E-state index is 0.191. The number of nitrogens with zero attached hydrogens (tertiary/aromatic N) is 3. The number of nitrogens with one attached hydrogen (secondary N) is 1. The molecule has 0 radical (unpaired) electrons. The zero-order chi connectivity index (χ0) is 14.4. The fourth-order valence-corrected chi connectivity index (χ4v) is 1.40. The van der Waals surface area contributed by atoms with Crippen molar-refractivity contribution in [2.45, 2.75) is 0 Å². The fourth-order valence-electron chi connectivity index (χ4n) is 1.40. The third-order valence-electron chi connectivity index (χ3n) is 2.05. The Balaban J connectivity index is 3.02. The summed E-state index contributed by atoms with van der Waals surface area (Å²) in [6.45, 7) is -2.77. The number of methoxy groups -OCH3 is 1. The highest BCUT2D eigenvalue weighted by molar-refractivity contribution is 5.88. The molecular formula is C8H8N4O4. The number of hydrogen-bond donors (Lipinski definition) is 1. The maximum Gasteiger partial charge on any atom is 0.356 e. The average molecular weight is 227 g/mol. The lowest BCUT2D eigenvalue weighted by Crippen LogP contribution is -2.01. The van der Waals surface area contributed by atoms with Crippen LogP contribution in [-0.4, -0.2) is 26.8 Å². The van der Waals surface area contributed by atoms with Gasteiger partial charge in [0.2, 0.25) is 0 Å². The summed E-state index contributed by atoms with van der Waals surface area (Å²) in [6.07, 6.45) is 1.03. The molecule has 0 amide bonds.